The number of ether oxygens (including phenoxy) is 1. The third-order valence-corrected chi connectivity index (χ3v) is 6.32. The summed E-state index contributed by atoms with van der Waals surface area (Å²) in [6.45, 7) is 0.693. The fourth-order valence-corrected chi connectivity index (χ4v) is 4.73. The lowest BCUT2D eigenvalue weighted by Crippen LogP contribution is -2.41. The highest BCUT2D eigenvalue weighted by Gasteiger charge is 2.48. The Morgan fingerprint density at radius 3 is 2.73 bits per heavy atom. The molecule has 0 spiro atoms. The quantitative estimate of drug-likeness (QED) is 0.584. The molecular weight excluding hydrogens is 403 g/mol. The first-order chi connectivity index (χ1) is 14.5. The Bertz CT molecular complexity index is 1070. The van der Waals surface area contributed by atoms with Crippen LogP contribution in [0.2, 0.25) is 0 Å². The van der Waals surface area contributed by atoms with Crippen LogP contribution in [0.4, 0.5) is 4.39 Å². The number of amides is 1. The monoisotopic (exact) mass is 424 g/mol. The van der Waals surface area contributed by atoms with Crippen molar-refractivity contribution in [1.29, 1.82) is 0 Å². The van der Waals surface area contributed by atoms with Gasteiger partial charge in [-0.15, -0.1) is 11.3 Å². The summed E-state index contributed by atoms with van der Waals surface area (Å²) >= 11 is 1.37. The first kappa shape index (κ1) is 20.2. The first-order valence-corrected chi connectivity index (χ1v) is 10.5. The predicted octanol–water partition coefficient (Wildman–Crippen LogP) is 3.83. The number of rotatable bonds is 5. The number of aromatic nitrogens is 1. The maximum atomic E-state index is 13.4. The maximum absolute atomic E-state index is 13.4. The highest BCUT2D eigenvalue weighted by Crippen LogP contribution is 2.36. The Labute approximate surface area is 178 Å². The summed E-state index contributed by atoms with van der Waals surface area (Å²) in [6.07, 6.45) is 0.960. The fraction of sp³-hybridized carbons (Fsp3) is 0.261. The highest BCUT2D eigenvalue weighted by molar-refractivity contribution is 7.09. The van der Waals surface area contributed by atoms with Crippen molar-refractivity contribution in [2.45, 2.75) is 18.3 Å². The second-order valence-corrected chi connectivity index (χ2v) is 8.29. The van der Waals surface area contributed by atoms with Gasteiger partial charge in [-0.2, -0.15) is 0 Å². The van der Waals surface area contributed by atoms with Crippen molar-refractivity contribution in [2.75, 3.05) is 20.2 Å². The number of hydrogen-bond donors (Lipinski definition) is 0. The Morgan fingerprint density at radius 1 is 1.20 bits per heavy atom. The van der Waals surface area contributed by atoms with Gasteiger partial charge in [0.25, 0.3) is 5.91 Å². The largest absolute Gasteiger partial charge is 0.468 e. The lowest BCUT2D eigenvalue weighted by Gasteiger charge is -2.26. The van der Waals surface area contributed by atoms with E-state index in [-0.39, 0.29) is 24.2 Å². The molecule has 2 heterocycles. The van der Waals surface area contributed by atoms with E-state index in [1.165, 1.54) is 30.6 Å². The molecule has 0 radical (unpaired) electrons. The molecule has 1 saturated heterocycles. The van der Waals surface area contributed by atoms with Gasteiger partial charge < -0.3 is 9.64 Å². The number of halogens is 1. The van der Waals surface area contributed by atoms with Crippen molar-refractivity contribution < 1.29 is 18.7 Å². The zero-order valence-corrected chi connectivity index (χ0v) is 17.3. The van der Waals surface area contributed by atoms with E-state index in [2.05, 4.69) is 4.98 Å². The Hall–Kier alpha value is -3.06. The van der Waals surface area contributed by atoms with Crippen LogP contribution in [-0.2, 0) is 21.4 Å². The molecule has 1 aromatic heterocycles. The number of hydrogen-bond acceptors (Lipinski definition) is 5. The number of thiazole rings is 1. The molecule has 154 valence electrons. The summed E-state index contributed by atoms with van der Waals surface area (Å²) in [5.41, 5.74) is 1.13. The van der Waals surface area contributed by atoms with Crippen LogP contribution in [-0.4, -0.2) is 42.0 Å². The van der Waals surface area contributed by atoms with Gasteiger partial charge in [-0.05, 0) is 29.7 Å². The zero-order valence-electron chi connectivity index (χ0n) is 16.5. The molecule has 1 amide bonds. The molecule has 4 rings (SSSR count). The number of likely N-dealkylation sites (tertiary alicyclic amines) is 1. The normalized spacial score (nSPS) is 18.4. The SMILES string of the molecule is COC(=O)[C@]1(c2ccccc2)CCN(C(=O)c2csc(Cc3cccc(F)c3)n2)C1. The van der Waals surface area contributed by atoms with E-state index in [9.17, 15) is 14.0 Å². The van der Waals surface area contributed by atoms with E-state index >= 15 is 0 Å². The summed E-state index contributed by atoms with van der Waals surface area (Å²) in [6, 6.07) is 15.8. The van der Waals surface area contributed by atoms with Crippen LogP contribution >= 0.6 is 11.3 Å². The molecule has 30 heavy (non-hydrogen) atoms. The van der Waals surface area contributed by atoms with Crippen molar-refractivity contribution >= 4 is 23.2 Å². The summed E-state index contributed by atoms with van der Waals surface area (Å²) in [4.78, 5) is 31.8. The Kier molecular flexibility index (Phi) is 5.63. The van der Waals surface area contributed by atoms with Crippen molar-refractivity contribution in [3.05, 3.63) is 87.6 Å². The van der Waals surface area contributed by atoms with Crippen LogP contribution in [0.1, 0.15) is 33.0 Å². The third kappa shape index (κ3) is 3.85. The Morgan fingerprint density at radius 2 is 2.00 bits per heavy atom. The minimum absolute atomic E-state index is 0.210. The van der Waals surface area contributed by atoms with Gasteiger partial charge >= 0.3 is 5.97 Å². The van der Waals surface area contributed by atoms with Crippen molar-refractivity contribution in [3.63, 3.8) is 0 Å². The molecule has 0 saturated carbocycles. The molecule has 5 nitrogen and oxygen atoms in total. The first-order valence-electron chi connectivity index (χ1n) is 9.64. The van der Waals surface area contributed by atoms with E-state index in [1.54, 1.807) is 16.3 Å². The lowest BCUT2D eigenvalue weighted by atomic mass is 9.79. The topological polar surface area (TPSA) is 59.5 Å². The number of methoxy groups -OCH3 is 1. The molecule has 0 bridgehead atoms. The smallest absolute Gasteiger partial charge is 0.318 e. The summed E-state index contributed by atoms with van der Waals surface area (Å²) in [7, 11) is 1.37. The van der Waals surface area contributed by atoms with Gasteiger partial charge in [0.2, 0.25) is 0 Å². The van der Waals surface area contributed by atoms with Crippen LogP contribution < -0.4 is 0 Å². The van der Waals surface area contributed by atoms with Gasteiger partial charge in [0.1, 0.15) is 16.9 Å². The molecule has 1 aliphatic rings. The molecule has 1 atom stereocenters. The molecule has 3 aromatic rings. The highest BCUT2D eigenvalue weighted by atomic mass is 32.1. The standard InChI is InChI=1S/C23H21FN2O3S/c1-29-22(28)23(17-7-3-2-4-8-17)10-11-26(15-23)21(27)19-14-30-20(25-19)13-16-6-5-9-18(24)12-16/h2-9,12,14H,10-11,13,15H2,1H3/t23-/m1/s1. The molecule has 0 unspecified atom stereocenters. The number of nitrogens with zero attached hydrogens (tertiary/aromatic N) is 2. The van der Waals surface area contributed by atoms with Gasteiger partial charge in [-0.3, -0.25) is 9.59 Å². The van der Waals surface area contributed by atoms with Crippen molar-refractivity contribution in [3.8, 4) is 0 Å². The predicted molar refractivity (Wildman–Crippen MR) is 112 cm³/mol. The van der Waals surface area contributed by atoms with E-state index in [1.807, 2.05) is 36.4 Å². The average Bonchev–Trinajstić information content (AvgIpc) is 3.42. The lowest BCUT2D eigenvalue weighted by molar-refractivity contribution is -0.147. The summed E-state index contributed by atoms with van der Waals surface area (Å²) < 4.78 is 18.5. The number of carbonyl (C=O) groups is 2. The van der Waals surface area contributed by atoms with Gasteiger partial charge in [0, 0.05) is 24.9 Å². The van der Waals surface area contributed by atoms with Crippen LogP contribution in [0.25, 0.3) is 0 Å². The summed E-state index contributed by atoms with van der Waals surface area (Å²) in [5, 5.41) is 2.46. The average molecular weight is 424 g/mol. The summed E-state index contributed by atoms with van der Waals surface area (Å²) in [5.74, 6) is -0.843. The number of carbonyl (C=O) groups excluding carboxylic acids is 2. The minimum atomic E-state index is -0.869. The fourth-order valence-electron chi connectivity index (χ4n) is 3.93. The molecule has 2 aromatic carbocycles. The van der Waals surface area contributed by atoms with Crippen molar-refractivity contribution in [2.24, 2.45) is 0 Å². The molecule has 0 aliphatic carbocycles. The van der Waals surface area contributed by atoms with E-state index in [4.69, 9.17) is 4.74 Å². The second-order valence-electron chi connectivity index (χ2n) is 7.35. The van der Waals surface area contributed by atoms with Crippen molar-refractivity contribution in [1.82, 2.24) is 9.88 Å². The molecule has 1 fully saturated rings. The van der Waals surface area contributed by atoms with Crippen LogP contribution in [0, 0.1) is 5.82 Å². The van der Waals surface area contributed by atoms with Crippen LogP contribution in [0.3, 0.4) is 0 Å². The van der Waals surface area contributed by atoms with Gasteiger partial charge in [0.05, 0.1) is 12.1 Å². The Balaban J connectivity index is 1.52. The minimum Gasteiger partial charge on any atom is -0.468 e. The second kappa shape index (κ2) is 8.36. The third-order valence-electron chi connectivity index (χ3n) is 5.47. The zero-order chi connectivity index (χ0) is 21.1. The van der Waals surface area contributed by atoms with Crippen LogP contribution in [0.15, 0.2) is 60.0 Å². The van der Waals surface area contributed by atoms with Gasteiger partial charge in [0.15, 0.2) is 0 Å². The number of benzene rings is 2. The van der Waals surface area contributed by atoms with Gasteiger partial charge in [-0.1, -0.05) is 42.5 Å². The molecule has 7 heteroatoms. The number of esters is 1. The van der Waals surface area contributed by atoms with Crippen LogP contribution in [0.5, 0.6) is 0 Å². The van der Waals surface area contributed by atoms with E-state index < -0.39 is 5.41 Å². The molecular formula is C23H21FN2O3S. The maximum Gasteiger partial charge on any atom is 0.318 e. The molecule has 0 N–H and O–H groups in total. The van der Waals surface area contributed by atoms with E-state index in [0.717, 1.165) is 16.1 Å². The van der Waals surface area contributed by atoms with E-state index in [0.29, 0.717) is 25.1 Å². The molecule has 1 aliphatic heterocycles. The van der Waals surface area contributed by atoms with Gasteiger partial charge in [-0.25, -0.2) is 9.37 Å².